The molecule has 0 fully saturated rings. The third kappa shape index (κ3) is 14.0. The number of hydrogen-bond donors (Lipinski definition) is 3. The first kappa shape index (κ1) is 34.2. The van der Waals surface area contributed by atoms with Gasteiger partial charge in [0.2, 0.25) is 11.8 Å². The Balaban J connectivity index is 2.03. The van der Waals surface area contributed by atoms with Crippen LogP contribution in [0.5, 0.6) is 5.75 Å². The second-order valence-corrected chi connectivity index (χ2v) is 11.1. The van der Waals surface area contributed by atoms with Crippen molar-refractivity contribution in [3.8, 4) is 5.75 Å². The first-order valence-electron chi connectivity index (χ1n) is 15.1. The molecule has 0 unspecified atom stereocenters. The molecule has 0 radical (unpaired) electrons. The third-order valence-corrected chi connectivity index (χ3v) is 6.83. The smallest absolute Gasteiger partial charge is 0.222 e. The van der Waals surface area contributed by atoms with Crippen LogP contribution in [0.1, 0.15) is 77.3 Å². The third-order valence-electron chi connectivity index (χ3n) is 6.83. The molecule has 0 saturated carbocycles. The molecular formula is C33H50FN3O4. The van der Waals surface area contributed by atoms with Gasteiger partial charge in [-0.2, -0.15) is 0 Å². The highest BCUT2D eigenvalue weighted by molar-refractivity contribution is 5.79. The summed E-state index contributed by atoms with van der Waals surface area (Å²) in [5.74, 6) is 0.307. The maximum atomic E-state index is 14.5. The zero-order chi connectivity index (χ0) is 30.0. The molecule has 0 bridgehead atoms. The summed E-state index contributed by atoms with van der Waals surface area (Å²) in [6, 6.07) is 13.5. The van der Waals surface area contributed by atoms with E-state index in [1.54, 1.807) is 6.07 Å². The van der Waals surface area contributed by atoms with Crippen LogP contribution >= 0.6 is 0 Å². The van der Waals surface area contributed by atoms with Gasteiger partial charge in [0.25, 0.3) is 0 Å². The van der Waals surface area contributed by atoms with Crippen LogP contribution in [0, 0.1) is 11.7 Å². The van der Waals surface area contributed by atoms with Crippen molar-refractivity contribution in [1.82, 2.24) is 15.5 Å². The minimum absolute atomic E-state index is 0.0650. The van der Waals surface area contributed by atoms with E-state index in [4.69, 9.17) is 4.74 Å². The number of nitrogens with one attached hydrogen (secondary N) is 2. The Morgan fingerprint density at radius 3 is 2.37 bits per heavy atom. The number of carbonyl (C=O) groups excluding carboxylic acids is 2. The van der Waals surface area contributed by atoms with Crippen LogP contribution in [0.15, 0.2) is 48.5 Å². The molecule has 0 saturated heterocycles. The van der Waals surface area contributed by atoms with Gasteiger partial charge < -0.3 is 25.4 Å². The Bertz CT molecular complexity index is 1030. The molecule has 228 valence electrons. The predicted octanol–water partition coefficient (Wildman–Crippen LogP) is 5.25. The number of amides is 2. The summed E-state index contributed by atoms with van der Waals surface area (Å²) in [4.78, 5) is 27.3. The number of halogens is 1. The van der Waals surface area contributed by atoms with Gasteiger partial charge in [0, 0.05) is 38.5 Å². The predicted molar refractivity (Wildman–Crippen MR) is 162 cm³/mol. The molecule has 0 aliphatic carbocycles. The highest BCUT2D eigenvalue weighted by atomic mass is 19.1. The molecule has 8 heteroatoms. The van der Waals surface area contributed by atoms with E-state index in [9.17, 15) is 19.1 Å². The number of hydrogen-bond acceptors (Lipinski definition) is 5. The zero-order valence-corrected chi connectivity index (χ0v) is 25.3. The van der Waals surface area contributed by atoms with Gasteiger partial charge in [-0.1, -0.05) is 58.0 Å². The SMILES string of the molecule is CCCN(CCC)C(=O)CCCC(=O)N[C@@H](Cc1cc(F)cc(OCc2ccccc2)c1)[C@H](O)CNCCC(C)C. The summed E-state index contributed by atoms with van der Waals surface area (Å²) >= 11 is 0. The van der Waals surface area contributed by atoms with Crippen LogP contribution in [0.4, 0.5) is 4.39 Å². The number of nitrogens with zero attached hydrogens (tertiary/aromatic N) is 1. The van der Waals surface area contributed by atoms with Gasteiger partial charge in [-0.3, -0.25) is 9.59 Å². The van der Waals surface area contributed by atoms with Gasteiger partial charge in [0.1, 0.15) is 18.2 Å². The van der Waals surface area contributed by atoms with Crippen molar-refractivity contribution >= 4 is 11.8 Å². The molecule has 0 heterocycles. The lowest BCUT2D eigenvalue weighted by atomic mass is 10.00. The lowest BCUT2D eigenvalue weighted by molar-refractivity contribution is -0.131. The number of benzene rings is 2. The normalized spacial score (nSPS) is 12.7. The van der Waals surface area contributed by atoms with Crippen molar-refractivity contribution in [3.63, 3.8) is 0 Å². The van der Waals surface area contributed by atoms with Gasteiger partial charge in [0.05, 0.1) is 12.1 Å². The Morgan fingerprint density at radius 2 is 1.71 bits per heavy atom. The monoisotopic (exact) mass is 571 g/mol. The highest BCUT2D eigenvalue weighted by Gasteiger charge is 2.23. The van der Waals surface area contributed by atoms with Gasteiger partial charge in [-0.25, -0.2) is 4.39 Å². The largest absolute Gasteiger partial charge is 0.489 e. The van der Waals surface area contributed by atoms with Crippen molar-refractivity contribution in [2.24, 2.45) is 5.92 Å². The van der Waals surface area contributed by atoms with Crippen molar-refractivity contribution in [2.75, 3.05) is 26.2 Å². The molecule has 0 spiro atoms. The van der Waals surface area contributed by atoms with Gasteiger partial charge in [-0.05, 0) is 67.8 Å². The van der Waals surface area contributed by atoms with Crippen molar-refractivity contribution in [2.45, 2.75) is 91.4 Å². The summed E-state index contributed by atoms with van der Waals surface area (Å²) in [7, 11) is 0. The fourth-order valence-corrected chi connectivity index (χ4v) is 4.62. The van der Waals surface area contributed by atoms with Crippen molar-refractivity contribution < 1.29 is 23.8 Å². The molecule has 2 amide bonds. The average Bonchev–Trinajstić information content (AvgIpc) is 2.93. The summed E-state index contributed by atoms with van der Waals surface area (Å²) in [5.41, 5.74) is 1.59. The van der Waals surface area contributed by atoms with Crippen molar-refractivity contribution in [1.29, 1.82) is 0 Å². The standard InChI is InChI=1S/C33H50FN3O4/c1-5-17-37(18-6-2)33(40)14-10-13-32(39)36-30(31(38)23-35-16-15-25(3)4)21-27-19-28(34)22-29(20-27)41-24-26-11-8-7-9-12-26/h7-9,11-12,19-20,22,25,30-31,35,38H,5-6,10,13-18,21,23-24H2,1-4H3,(H,36,39)/t30-,31+/m0/s1. The zero-order valence-electron chi connectivity index (χ0n) is 25.3. The maximum Gasteiger partial charge on any atom is 0.222 e. The molecule has 0 aliphatic heterocycles. The van der Waals surface area contributed by atoms with Crippen molar-refractivity contribution in [3.05, 3.63) is 65.5 Å². The Morgan fingerprint density at radius 1 is 1.00 bits per heavy atom. The number of aliphatic hydroxyl groups is 1. The number of rotatable bonds is 20. The molecule has 3 N–H and O–H groups in total. The quantitative estimate of drug-likeness (QED) is 0.189. The van der Waals surface area contributed by atoms with Crippen LogP contribution in [-0.2, 0) is 22.6 Å². The maximum absolute atomic E-state index is 14.5. The second-order valence-electron chi connectivity index (χ2n) is 11.1. The molecule has 41 heavy (non-hydrogen) atoms. The van der Waals surface area contributed by atoms with E-state index in [0.29, 0.717) is 43.2 Å². The topological polar surface area (TPSA) is 90.9 Å². The Labute approximate surface area is 245 Å². The van der Waals surface area contributed by atoms with Crippen LogP contribution in [0.2, 0.25) is 0 Å². The molecule has 2 atom stereocenters. The Kier molecular flexibility index (Phi) is 16.0. The first-order chi connectivity index (χ1) is 19.7. The molecule has 0 aromatic heterocycles. The van der Waals surface area contributed by atoms with Gasteiger partial charge in [-0.15, -0.1) is 0 Å². The minimum atomic E-state index is -0.880. The lowest BCUT2D eigenvalue weighted by Crippen LogP contribution is -2.49. The fraction of sp³-hybridized carbons (Fsp3) is 0.576. The van der Waals surface area contributed by atoms with Crippen LogP contribution in [-0.4, -0.2) is 60.1 Å². The van der Waals surface area contributed by atoms with E-state index in [0.717, 1.165) is 44.5 Å². The number of carbonyl (C=O) groups is 2. The number of aliphatic hydroxyl groups excluding tert-OH is 1. The van der Waals surface area contributed by atoms with E-state index in [2.05, 4.69) is 24.5 Å². The fourth-order valence-electron chi connectivity index (χ4n) is 4.62. The van der Waals surface area contributed by atoms with Gasteiger partial charge >= 0.3 is 0 Å². The van der Waals surface area contributed by atoms with Crippen LogP contribution < -0.4 is 15.4 Å². The van der Waals surface area contributed by atoms with E-state index in [1.807, 2.05) is 49.1 Å². The molecular weight excluding hydrogens is 521 g/mol. The highest BCUT2D eigenvalue weighted by Crippen LogP contribution is 2.20. The van der Waals surface area contributed by atoms with E-state index >= 15 is 0 Å². The molecule has 0 aliphatic rings. The summed E-state index contributed by atoms with van der Waals surface area (Å²) in [5, 5.41) is 17.2. The summed E-state index contributed by atoms with van der Waals surface area (Å²) < 4.78 is 20.4. The van der Waals surface area contributed by atoms with E-state index in [1.165, 1.54) is 12.1 Å². The molecule has 2 rings (SSSR count). The summed E-state index contributed by atoms with van der Waals surface area (Å²) in [6.45, 7) is 11.2. The second kappa shape index (κ2) is 19.2. The summed E-state index contributed by atoms with van der Waals surface area (Å²) in [6.07, 6.45) is 3.04. The molecule has 2 aromatic rings. The van der Waals surface area contributed by atoms with Gasteiger partial charge in [0.15, 0.2) is 0 Å². The van der Waals surface area contributed by atoms with E-state index in [-0.39, 0.29) is 24.7 Å². The molecule has 2 aromatic carbocycles. The van der Waals surface area contributed by atoms with E-state index < -0.39 is 18.0 Å². The molecule has 7 nitrogen and oxygen atoms in total. The lowest BCUT2D eigenvalue weighted by Gasteiger charge is -2.25. The van der Waals surface area contributed by atoms with Crippen LogP contribution in [0.3, 0.4) is 0 Å². The minimum Gasteiger partial charge on any atom is -0.489 e. The number of ether oxygens (including phenoxy) is 1. The van der Waals surface area contributed by atoms with Crippen LogP contribution in [0.25, 0.3) is 0 Å². The average molecular weight is 572 g/mol. The Hall–Kier alpha value is -2.97. The first-order valence-corrected chi connectivity index (χ1v) is 15.1.